The van der Waals surface area contributed by atoms with E-state index in [1.54, 1.807) is 29.2 Å². The summed E-state index contributed by atoms with van der Waals surface area (Å²) in [5, 5.41) is 2.70. The first kappa shape index (κ1) is 25.4. The number of rotatable bonds is 8. The van der Waals surface area contributed by atoms with E-state index in [2.05, 4.69) is 14.8 Å². The number of amides is 2. The van der Waals surface area contributed by atoms with E-state index < -0.39 is 27.9 Å². The van der Waals surface area contributed by atoms with Crippen LogP contribution < -0.4 is 14.9 Å². The van der Waals surface area contributed by atoms with Crippen LogP contribution in [0.25, 0.3) is 0 Å². The molecule has 0 fully saturated rings. The van der Waals surface area contributed by atoms with E-state index in [0.29, 0.717) is 29.9 Å². The van der Waals surface area contributed by atoms with Crippen LogP contribution in [0.15, 0.2) is 47.4 Å². The van der Waals surface area contributed by atoms with Gasteiger partial charge in [0.1, 0.15) is 6.04 Å². The molecule has 1 unspecified atom stereocenters. The number of methoxy groups -OCH3 is 1. The summed E-state index contributed by atoms with van der Waals surface area (Å²) in [6, 6.07) is 9.73. The van der Waals surface area contributed by atoms with Gasteiger partial charge in [0.05, 0.1) is 17.6 Å². The number of nitrogens with zero attached hydrogens (tertiary/aromatic N) is 1. The van der Waals surface area contributed by atoms with Gasteiger partial charge < -0.3 is 15.0 Å². The van der Waals surface area contributed by atoms with Gasteiger partial charge in [-0.25, -0.2) is 13.2 Å². The number of carbonyl (C=O) groups is 3. The number of hydrogen-bond acceptors (Lipinski definition) is 6. The van der Waals surface area contributed by atoms with Crippen LogP contribution in [0, 0.1) is 5.92 Å². The molecule has 1 heterocycles. The first-order valence-corrected chi connectivity index (χ1v) is 12.4. The molecule has 0 aromatic heterocycles. The van der Waals surface area contributed by atoms with E-state index in [-0.39, 0.29) is 23.1 Å². The third-order valence-corrected chi connectivity index (χ3v) is 7.00. The van der Waals surface area contributed by atoms with Gasteiger partial charge in [-0.2, -0.15) is 4.72 Å². The van der Waals surface area contributed by atoms with Crippen LogP contribution in [-0.2, 0) is 30.8 Å². The second kappa shape index (κ2) is 10.4. The minimum Gasteiger partial charge on any atom is -0.465 e. The average molecular weight is 488 g/mol. The average Bonchev–Trinajstić information content (AvgIpc) is 3.22. The van der Waals surface area contributed by atoms with E-state index in [1.807, 2.05) is 13.8 Å². The van der Waals surface area contributed by atoms with Crippen molar-refractivity contribution in [3.8, 4) is 0 Å². The van der Waals surface area contributed by atoms with Gasteiger partial charge in [-0.1, -0.05) is 13.8 Å². The van der Waals surface area contributed by atoms with E-state index in [9.17, 15) is 22.8 Å². The van der Waals surface area contributed by atoms with Crippen molar-refractivity contribution in [3.63, 3.8) is 0 Å². The fourth-order valence-electron chi connectivity index (χ4n) is 3.84. The van der Waals surface area contributed by atoms with Gasteiger partial charge in [-0.05, 0) is 66.8 Å². The zero-order chi connectivity index (χ0) is 25.0. The number of esters is 1. The lowest BCUT2D eigenvalue weighted by Crippen LogP contribution is -2.44. The molecule has 0 saturated heterocycles. The second-order valence-corrected chi connectivity index (χ2v) is 10.3. The SMILES string of the molecule is COC(=O)c1ccc(NC(=O)C(CC(C)C)NS(=O)(=O)c2ccc3c(c2)CCN3C(C)=O)cc1. The highest BCUT2D eigenvalue weighted by molar-refractivity contribution is 7.89. The molecule has 3 rings (SSSR count). The number of nitrogens with one attached hydrogen (secondary N) is 2. The standard InChI is InChI=1S/C24H29N3O6S/c1-15(2)13-21(23(29)25-19-7-5-17(6-8-19)24(30)33-4)26-34(31,32)20-9-10-22-18(14-20)11-12-27(22)16(3)28/h5-10,14-15,21,26H,11-13H2,1-4H3,(H,25,29). The summed E-state index contributed by atoms with van der Waals surface area (Å²) in [7, 11) is -2.72. The molecule has 2 aromatic rings. The smallest absolute Gasteiger partial charge is 0.337 e. The van der Waals surface area contributed by atoms with Crippen LogP contribution in [0.4, 0.5) is 11.4 Å². The van der Waals surface area contributed by atoms with Gasteiger partial charge in [-0.3, -0.25) is 9.59 Å². The van der Waals surface area contributed by atoms with Crippen molar-refractivity contribution in [2.45, 2.75) is 44.6 Å². The van der Waals surface area contributed by atoms with Gasteiger partial charge in [0.15, 0.2) is 0 Å². The highest BCUT2D eigenvalue weighted by Gasteiger charge is 2.29. The third kappa shape index (κ3) is 5.81. The topological polar surface area (TPSA) is 122 Å². The Labute approximate surface area is 199 Å². The van der Waals surface area contributed by atoms with Gasteiger partial charge in [-0.15, -0.1) is 0 Å². The molecule has 1 aliphatic rings. The van der Waals surface area contributed by atoms with Gasteiger partial charge in [0.2, 0.25) is 21.8 Å². The highest BCUT2D eigenvalue weighted by atomic mass is 32.2. The molecule has 0 bridgehead atoms. The Morgan fingerprint density at radius 2 is 1.76 bits per heavy atom. The lowest BCUT2D eigenvalue weighted by Gasteiger charge is -2.21. The Morgan fingerprint density at radius 3 is 2.35 bits per heavy atom. The molecule has 2 amide bonds. The molecule has 10 heteroatoms. The fourth-order valence-corrected chi connectivity index (χ4v) is 5.10. The molecule has 0 spiro atoms. The van der Waals surface area contributed by atoms with Crippen molar-refractivity contribution >= 4 is 39.2 Å². The van der Waals surface area contributed by atoms with E-state index in [0.717, 1.165) is 5.56 Å². The molecule has 1 atom stereocenters. The molecule has 0 saturated carbocycles. The van der Waals surface area contributed by atoms with Crippen LogP contribution in [0.5, 0.6) is 0 Å². The lowest BCUT2D eigenvalue weighted by atomic mass is 10.0. The second-order valence-electron chi connectivity index (χ2n) is 8.57. The van der Waals surface area contributed by atoms with Crippen molar-refractivity contribution in [1.29, 1.82) is 0 Å². The maximum absolute atomic E-state index is 13.1. The summed E-state index contributed by atoms with van der Waals surface area (Å²) in [4.78, 5) is 38.0. The largest absolute Gasteiger partial charge is 0.465 e. The number of benzene rings is 2. The summed E-state index contributed by atoms with van der Waals surface area (Å²) in [5.41, 5.74) is 2.24. The van der Waals surface area contributed by atoms with Crippen LogP contribution in [0.2, 0.25) is 0 Å². The minimum atomic E-state index is -4.00. The lowest BCUT2D eigenvalue weighted by molar-refractivity contribution is -0.118. The predicted molar refractivity (Wildman–Crippen MR) is 128 cm³/mol. The Morgan fingerprint density at radius 1 is 1.09 bits per heavy atom. The summed E-state index contributed by atoms with van der Waals surface area (Å²) in [5.74, 6) is -1.05. The van der Waals surface area contributed by atoms with Crippen LogP contribution in [0.1, 0.15) is 43.1 Å². The molecular formula is C24H29N3O6S. The summed E-state index contributed by atoms with van der Waals surface area (Å²) in [6.07, 6.45) is 0.851. The number of ether oxygens (including phenoxy) is 1. The molecular weight excluding hydrogens is 458 g/mol. The maximum atomic E-state index is 13.1. The molecule has 34 heavy (non-hydrogen) atoms. The van der Waals surface area contributed by atoms with Crippen LogP contribution in [0.3, 0.4) is 0 Å². The van der Waals surface area contributed by atoms with Crippen molar-refractivity contribution in [2.24, 2.45) is 5.92 Å². The number of hydrogen-bond donors (Lipinski definition) is 2. The molecule has 1 aliphatic heterocycles. The number of anilines is 2. The van der Waals surface area contributed by atoms with E-state index in [1.165, 1.54) is 32.2 Å². The first-order chi connectivity index (χ1) is 16.0. The van der Waals surface area contributed by atoms with Crippen LogP contribution >= 0.6 is 0 Å². The van der Waals surface area contributed by atoms with Crippen LogP contribution in [-0.4, -0.2) is 45.9 Å². The van der Waals surface area contributed by atoms with Crippen molar-refractivity contribution in [2.75, 3.05) is 23.9 Å². The Balaban J connectivity index is 1.78. The summed E-state index contributed by atoms with van der Waals surface area (Å²) >= 11 is 0. The number of fused-ring (bicyclic) bond motifs is 1. The quantitative estimate of drug-likeness (QED) is 0.552. The Hall–Kier alpha value is -3.24. The van der Waals surface area contributed by atoms with Crippen molar-refractivity contribution < 1.29 is 27.5 Å². The Bertz CT molecular complexity index is 1190. The molecule has 2 aromatic carbocycles. The summed E-state index contributed by atoms with van der Waals surface area (Å²) in [6.45, 7) is 5.77. The third-order valence-electron chi connectivity index (χ3n) is 5.53. The van der Waals surface area contributed by atoms with E-state index >= 15 is 0 Å². The van der Waals surface area contributed by atoms with Crippen molar-refractivity contribution in [3.05, 3.63) is 53.6 Å². The predicted octanol–water partition coefficient (Wildman–Crippen LogP) is 2.71. The number of sulfonamides is 1. The maximum Gasteiger partial charge on any atom is 0.337 e. The monoisotopic (exact) mass is 487 g/mol. The number of carbonyl (C=O) groups excluding carboxylic acids is 3. The molecule has 182 valence electrons. The Kier molecular flexibility index (Phi) is 7.73. The fraction of sp³-hybridized carbons (Fsp3) is 0.375. The van der Waals surface area contributed by atoms with E-state index in [4.69, 9.17) is 0 Å². The summed E-state index contributed by atoms with van der Waals surface area (Å²) < 4.78 is 33.4. The minimum absolute atomic E-state index is 0.0423. The van der Waals surface area contributed by atoms with Gasteiger partial charge in [0.25, 0.3) is 0 Å². The molecule has 9 nitrogen and oxygen atoms in total. The van der Waals surface area contributed by atoms with Crippen molar-refractivity contribution in [1.82, 2.24) is 4.72 Å². The zero-order valence-corrected chi connectivity index (χ0v) is 20.4. The molecule has 0 radical (unpaired) electrons. The molecule has 0 aliphatic carbocycles. The first-order valence-electron chi connectivity index (χ1n) is 10.9. The van der Waals surface area contributed by atoms with Gasteiger partial charge >= 0.3 is 5.97 Å². The van der Waals surface area contributed by atoms with Gasteiger partial charge in [0, 0.05) is 24.8 Å². The normalized spacial score (nSPS) is 14.0. The molecule has 2 N–H and O–H groups in total. The zero-order valence-electron chi connectivity index (χ0n) is 19.6. The highest BCUT2D eigenvalue weighted by Crippen LogP contribution is 2.30.